The molecule has 3 heteroatoms. The Labute approximate surface area is 160 Å². The Bertz CT molecular complexity index is 223. The van der Waals surface area contributed by atoms with Crippen LogP contribution < -0.4 is 10.6 Å². The summed E-state index contributed by atoms with van der Waals surface area (Å²) in [5.74, 6) is 2.72. The molecule has 0 amide bonds. The van der Waals surface area contributed by atoms with Crippen LogP contribution in [0.1, 0.15) is 87.5 Å². The average molecular weight is 359 g/mol. The molecule has 0 aromatic rings. The molecule has 2 N–H and O–H groups in total. The van der Waals surface area contributed by atoms with Crippen LogP contribution in [0.5, 0.6) is 0 Å². The van der Waals surface area contributed by atoms with Gasteiger partial charge in [-0.15, -0.1) is 0 Å². The zero-order chi connectivity index (χ0) is 19.5. The first-order valence-corrected chi connectivity index (χ1v) is 11.2. The van der Waals surface area contributed by atoms with Gasteiger partial charge in [0, 0.05) is 32.8 Å². The van der Waals surface area contributed by atoms with Crippen molar-refractivity contribution in [3.8, 4) is 0 Å². The smallest absolute Gasteiger partial charge is 0.0575 e. The number of hydrogen-bond acceptors (Lipinski definition) is 3. The summed E-state index contributed by atoms with van der Waals surface area (Å²) in [7, 11) is 0. The molecule has 0 aromatic carbocycles. The molecular formula is C22H50N2O. The normalized spacial score (nSPS) is 23.9. The van der Waals surface area contributed by atoms with E-state index in [0.717, 1.165) is 50.5 Å². The van der Waals surface area contributed by atoms with Gasteiger partial charge in [0.05, 0.1) is 6.10 Å². The second kappa shape index (κ2) is 20.2. The summed E-state index contributed by atoms with van der Waals surface area (Å²) in [5.41, 5.74) is 0. The molecular weight excluding hydrogens is 308 g/mol. The van der Waals surface area contributed by atoms with Gasteiger partial charge in [0.15, 0.2) is 0 Å². The van der Waals surface area contributed by atoms with Crippen molar-refractivity contribution >= 4 is 0 Å². The Morgan fingerprint density at radius 3 is 1.56 bits per heavy atom. The quantitative estimate of drug-likeness (QED) is 0.681. The third-order valence-corrected chi connectivity index (χ3v) is 4.73. The van der Waals surface area contributed by atoms with E-state index in [-0.39, 0.29) is 0 Å². The largest absolute Gasteiger partial charge is 0.379 e. The Morgan fingerprint density at radius 1 is 0.800 bits per heavy atom. The Kier molecular flexibility index (Phi) is 21.9. The van der Waals surface area contributed by atoms with Gasteiger partial charge in [-0.3, -0.25) is 0 Å². The molecule has 0 bridgehead atoms. The van der Waals surface area contributed by atoms with Crippen molar-refractivity contribution in [1.82, 2.24) is 10.6 Å². The number of rotatable bonds is 5. The predicted molar refractivity (Wildman–Crippen MR) is 114 cm³/mol. The van der Waals surface area contributed by atoms with Crippen LogP contribution in [-0.4, -0.2) is 38.9 Å². The number of nitrogens with one attached hydrogen (secondary N) is 2. The highest BCUT2D eigenvalue weighted by atomic mass is 16.5. The molecule has 1 heterocycles. The third kappa shape index (κ3) is 15.8. The van der Waals surface area contributed by atoms with Crippen molar-refractivity contribution in [3.63, 3.8) is 0 Å². The fraction of sp³-hybridized carbons (Fsp3) is 1.00. The molecule has 154 valence electrons. The van der Waals surface area contributed by atoms with Crippen LogP contribution in [-0.2, 0) is 4.74 Å². The monoisotopic (exact) mass is 358 g/mol. The number of hydrogen-bond donors (Lipinski definition) is 2. The summed E-state index contributed by atoms with van der Waals surface area (Å²) < 4.78 is 5.69. The minimum atomic E-state index is 0.567. The van der Waals surface area contributed by atoms with Gasteiger partial charge in [-0.25, -0.2) is 0 Å². The summed E-state index contributed by atoms with van der Waals surface area (Å²) >= 11 is 0. The Balaban J connectivity index is 0. The van der Waals surface area contributed by atoms with Crippen LogP contribution in [0, 0.1) is 17.8 Å². The molecule has 1 saturated heterocycles. The van der Waals surface area contributed by atoms with Gasteiger partial charge in [-0.1, -0.05) is 48.5 Å². The summed E-state index contributed by atoms with van der Waals surface area (Å²) in [5, 5.41) is 6.44. The summed E-state index contributed by atoms with van der Waals surface area (Å²) in [6.07, 6.45) is 7.32. The van der Waals surface area contributed by atoms with Gasteiger partial charge < -0.3 is 15.4 Å². The molecule has 3 nitrogen and oxygen atoms in total. The van der Waals surface area contributed by atoms with E-state index >= 15 is 0 Å². The Hall–Kier alpha value is -0.120. The van der Waals surface area contributed by atoms with E-state index in [4.69, 9.17) is 4.74 Å². The van der Waals surface area contributed by atoms with Gasteiger partial charge in [-0.2, -0.15) is 0 Å². The molecule has 1 saturated carbocycles. The van der Waals surface area contributed by atoms with Gasteiger partial charge in [0.25, 0.3) is 0 Å². The van der Waals surface area contributed by atoms with E-state index in [2.05, 4.69) is 38.3 Å². The highest BCUT2D eigenvalue weighted by Crippen LogP contribution is 2.34. The lowest BCUT2D eigenvalue weighted by Crippen LogP contribution is -2.39. The summed E-state index contributed by atoms with van der Waals surface area (Å²) in [4.78, 5) is 0. The van der Waals surface area contributed by atoms with Crippen molar-refractivity contribution in [2.75, 3.05) is 32.8 Å². The van der Waals surface area contributed by atoms with Crippen LogP contribution in [0.25, 0.3) is 0 Å². The van der Waals surface area contributed by atoms with Crippen LogP contribution in [0.4, 0.5) is 0 Å². The van der Waals surface area contributed by atoms with Gasteiger partial charge >= 0.3 is 0 Å². The fourth-order valence-electron chi connectivity index (χ4n) is 3.60. The topological polar surface area (TPSA) is 33.3 Å². The standard InChI is InChI=1S/C14H28O.C4H10N2.2C2H6/c1-5-15-14-8-6-13(7-9-14)12(4)10-11(2)3;1-2-6-4-3-5-1;2*1-2/h11-14H,5-10H2,1-4H3;5-6H,1-4H2;2*1-2H3. The lowest BCUT2D eigenvalue weighted by Gasteiger charge is -2.32. The first-order valence-electron chi connectivity index (χ1n) is 11.2. The van der Waals surface area contributed by atoms with Crippen LogP contribution >= 0.6 is 0 Å². The minimum Gasteiger partial charge on any atom is -0.379 e. The molecule has 0 radical (unpaired) electrons. The highest BCUT2D eigenvalue weighted by Gasteiger charge is 2.25. The van der Waals surface area contributed by atoms with E-state index in [1.807, 2.05) is 27.7 Å². The van der Waals surface area contributed by atoms with Crippen molar-refractivity contribution in [3.05, 3.63) is 0 Å². The van der Waals surface area contributed by atoms with E-state index in [0.29, 0.717) is 6.10 Å². The number of piperazine rings is 1. The van der Waals surface area contributed by atoms with E-state index < -0.39 is 0 Å². The van der Waals surface area contributed by atoms with Crippen molar-refractivity contribution in [2.24, 2.45) is 17.8 Å². The fourth-order valence-corrected chi connectivity index (χ4v) is 3.60. The molecule has 1 atom stereocenters. The molecule has 2 fully saturated rings. The maximum atomic E-state index is 5.69. The molecule has 25 heavy (non-hydrogen) atoms. The maximum Gasteiger partial charge on any atom is 0.0575 e. The lowest BCUT2D eigenvalue weighted by molar-refractivity contribution is 0.0179. The average Bonchev–Trinajstić information content (AvgIpc) is 2.67. The molecule has 0 spiro atoms. The zero-order valence-electron chi connectivity index (χ0n) is 18.8. The SMILES string of the molecule is C1CNCCN1.CC.CC.CCOC1CCC(C(C)CC(C)C)CC1. The second-order valence-electron chi connectivity index (χ2n) is 7.10. The predicted octanol–water partition coefficient (Wildman–Crippen LogP) is 5.50. The summed E-state index contributed by atoms with van der Waals surface area (Å²) in [6, 6.07) is 0. The molecule has 1 aliphatic carbocycles. The van der Waals surface area contributed by atoms with E-state index in [1.165, 1.54) is 32.1 Å². The third-order valence-electron chi connectivity index (χ3n) is 4.73. The molecule has 1 aliphatic heterocycles. The maximum absolute atomic E-state index is 5.69. The van der Waals surface area contributed by atoms with Gasteiger partial charge in [0.1, 0.15) is 0 Å². The van der Waals surface area contributed by atoms with Gasteiger partial charge in [-0.05, 0) is 56.8 Å². The zero-order valence-corrected chi connectivity index (χ0v) is 18.8. The summed E-state index contributed by atoms with van der Waals surface area (Å²) in [6.45, 7) is 22.7. The van der Waals surface area contributed by atoms with E-state index in [9.17, 15) is 0 Å². The highest BCUT2D eigenvalue weighted by molar-refractivity contribution is 4.76. The molecule has 1 unspecified atom stereocenters. The molecule has 2 aliphatic rings. The van der Waals surface area contributed by atoms with Crippen molar-refractivity contribution < 1.29 is 4.74 Å². The van der Waals surface area contributed by atoms with Crippen LogP contribution in [0.2, 0.25) is 0 Å². The Morgan fingerprint density at radius 2 is 1.24 bits per heavy atom. The van der Waals surface area contributed by atoms with Crippen LogP contribution in [0.3, 0.4) is 0 Å². The first-order chi connectivity index (χ1) is 12.1. The minimum absolute atomic E-state index is 0.567. The molecule has 0 aromatic heterocycles. The second-order valence-corrected chi connectivity index (χ2v) is 7.10. The lowest BCUT2D eigenvalue weighted by atomic mass is 9.77. The molecule has 2 rings (SSSR count). The van der Waals surface area contributed by atoms with Gasteiger partial charge in [0.2, 0.25) is 0 Å². The first kappa shape index (κ1) is 27.1. The number of ether oxygens (including phenoxy) is 1. The van der Waals surface area contributed by atoms with Crippen molar-refractivity contribution in [1.29, 1.82) is 0 Å². The van der Waals surface area contributed by atoms with Crippen molar-refractivity contribution in [2.45, 2.75) is 93.6 Å². The van der Waals surface area contributed by atoms with Crippen LogP contribution in [0.15, 0.2) is 0 Å². The van der Waals surface area contributed by atoms with E-state index in [1.54, 1.807) is 0 Å².